The molecule has 194 valence electrons. The quantitative estimate of drug-likeness (QED) is 0.275. The Kier molecular flexibility index (Phi) is 5.97. The highest BCUT2D eigenvalue weighted by atomic mass is 19.1. The number of ether oxygens (including phenoxy) is 1. The van der Waals surface area contributed by atoms with Crippen LogP contribution in [-0.4, -0.2) is 61.3 Å². The van der Waals surface area contributed by atoms with E-state index in [1.165, 1.54) is 25.0 Å². The summed E-state index contributed by atoms with van der Waals surface area (Å²) in [5, 5.41) is 9.42. The van der Waals surface area contributed by atoms with E-state index in [9.17, 15) is 4.39 Å². The van der Waals surface area contributed by atoms with Crippen LogP contribution in [0.1, 0.15) is 12.8 Å². The van der Waals surface area contributed by atoms with Gasteiger partial charge in [0.15, 0.2) is 0 Å². The number of nitrogens with zero attached hydrogens (tertiary/aromatic N) is 5. The number of aromatic nitrogens is 6. The maximum Gasteiger partial charge on any atom is 0.138 e. The van der Waals surface area contributed by atoms with Crippen LogP contribution in [0.5, 0.6) is 5.75 Å². The molecule has 1 aromatic carbocycles. The molecule has 5 aromatic heterocycles. The molecule has 2 N–H and O–H groups in total. The normalized spacial score (nSPS) is 14.0. The molecule has 1 aliphatic rings. The van der Waals surface area contributed by atoms with Crippen molar-refractivity contribution in [1.82, 2.24) is 35.0 Å². The Labute approximate surface area is 223 Å². The molecule has 1 saturated heterocycles. The third-order valence-corrected chi connectivity index (χ3v) is 7.22. The third-order valence-electron chi connectivity index (χ3n) is 7.22. The Bertz CT molecular complexity index is 1770. The van der Waals surface area contributed by atoms with Gasteiger partial charge < -0.3 is 9.72 Å². The lowest BCUT2D eigenvalue weighted by atomic mass is 10.0. The molecule has 0 spiro atoms. The van der Waals surface area contributed by atoms with E-state index in [1.807, 2.05) is 42.5 Å². The minimum atomic E-state index is -0.336. The van der Waals surface area contributed by atoms with E-state index in [1.54, 1.807) is 18.6 Å². The van der Waals surface area contributed by atoms with Crippen molar-refractivity contribution in [2.75, 3.05) is 26.2 Å². The summed E-state index contributed by atoms with van der Waals surface area (Å²) in [7, 11) is 0. The van der Waals surface area contributed by atoms with Gasteiger partial charge in [-0.15, -0.1) is 0 Å². The number of hydrogen-bond donors (Lipinski definition) is 2. The van der Waals surface area contributed by atoms with Crippen LogP contribution in [0.2, 0.25) is 0 Å². The van der Waals surface area contributed by atoms with E-state index in [-0.39, 0.29) is 5.82 Å². The molecular formula is C30H26FN7O. The number of benzene rings is 1. The summed E-state index contributed by atoms with van der Waals surface area (Å²) in [4.78, 5) is 19.3. The molecule has 1 aliphatic heterocycles. The highest BCUT2D eigenvalue weighted by Crippen LogP contribution is 2.35. The molecule has 7 rings (SSSR count). The van der Waals surface area contributed by atoms with Crippen molar-refractivity contribution in [1.29, 1.82) is 0 Å². The second kappa shape index (κ2) is 9.92. The van der Waals surface area contributed by atoms with Crippen LogP contribution < -0.4 is 4.74 Å². The first-order valence-corrected chi connectivity index (χ1v) is 13.1. The number of likely N-dealkylation sites (tertiary alicyclic amines) is 1. The zero-order valence-corrected chi connectivity index (χ0v) is 21.2. The van der Waals surface area contributed by atoms with E-state index in [0.29, 0.717) is 18.0 Å². The SMILES string of the molecule is Fc1cc(OCCN2CCCC2)cc(-c2ccnc3[nH]c(-c4n[nH]c5cnc(-c6ccccn6)cc45)cc23)c1. The zero-order valence-electron chi connectivity index (χ0n) is 21.2. The number of fused-ring (bicyclic) bond motifs is 2. The van der Waals surface area contributed by atoms with Crippen molar-refractivity contribution in [3.05, 3.63) is 79.0 Å². The van der Waals surface area contributed by atoms with Gasteiger partial charge in [-0.25, -0.2) is 9.37 Å². The van der Waals surface area contributed by atoms with E-state index in [2.05, 4.69) is 35.0 Å². The van der Waals surface area contributed by atoms with Crippen molar-refractivity contribution < 1.29 is 9.13 Å². The van der Waals surface area contributed by atoms with Crippen LogP contribution in [0.4, 0.5) is 4.39 Å². The molecule has 9 heteroatoms. The summed E-state index contributed by atoms with van der Waals surface area (Å²) < 4.78 is 20.6. The van der Waals surface area contributed by atoms with Crippen molar-refractivity contribution >= 4 is 21.9 Å². The van der Waals surface area contributed by atoms with Crippen LogP contribution >= 0.6 is 0 Å². The van der Waals surface area contributed by atoms with Crippen molar-refractivity contribution in [3.8, 4) is 39.7 Å². The van der Waals surface area contributed by atoms with Crippen LogP contribution in [0, 0.1) is 5.82 Å². The van der Waals surface area contributed by atoms with Gasteiger partial charge in [0.2, 0.25) is 0 Å². The van der Waals surface area contributed by atoms with Gasteiger partial charge in [0, 0.05) is 35.8 Å². The molecule has 6 aromatic rings. The summed E-state index contributed by atoms with van der Waals surface area (Å²) in [5.41, 5.74) is 6.21. The number of nitrogens with one attached hydrogen (secondary N) is 2. The predicted octanol–water partition coefficient (Wildman–Crippen LogP) is 5.84. The van der Waals surface area contributed by atoms with Gasteiger partial charge in [-0.05, 0) is 79.5 Å². The highest BCUT2D eigenvalue weighted by Gasteiger charge is 2.17. The van der Waals surface area contributed by atoms with E-state index < -0.39 is 0 Å². The molecule has 0 saturated carbocycles. The maximum atomic E-state index is 14.7. The Balaban J connectivity index is 1.23. The largest absolute Gasteiger partial charge is 0.492 e. The Morgan fingerprint density at radius 2 is 1.82 bits per heavy atom. The second-order valence-electron chi connectivity index (χ2n) is 9.78. The minimum Gasteiger partial charge on any atom is -0.492 e. The Hall–Kier alpha value is -4.63. The molecule has 8 nitrogen and oxygen atoms in total. The first-order valence-electron chi connectivity index (χ1n) is 13.1. The number of H-pyrrole nitrogens is 2. The first kappa shape index (κ1) is 23.5. The van der Waals surface area contributed by atoms with E-state index in [0.717, 1.165) is 69.8 Å². The summed E-state index contributed by atoms with van der Waals surface area (Å²) in [6.07, 6.45) is 7.70. The van der Waals surface area contributed by atoms with Crippen LogP contribution in [0.15, 0.2) is 73.2 Å². The van der Waals surface area contributed by atoms with E-state index in [4.69, 9.17) is 4.74 Å². The lowest BCUT2D eigenvalue weighted by Crippen LogP contribution is -2.25. The number of aromatic amines is 2. The minimum absolute atomic E-state index is 0.336. The van der Waals surface area contributed by atoms with Crippen LogP contribution in [0.25, 0.3) is 55.8 Å². The average molecular weight is 520 g/mol. The predicted molar refractivity (Wildman–Crippen MR) is 149 cm³/mol. The van der Waals surface area contributed by atoms with Gasteiger partial charge >= 0.3 is 0 Å². The number of rotatable bonds is 7. The fourth-order valence-corrected chi connectivity index (χ4v) is 5.28. The van der Waals surface area contributed by atoms with Crippen molar-refractivity contribution in [2.24, 2.45) is 0 Å². The van der Waals surface area contributed by atoms with Crippen molar-refractivity contribution in [3.63, 3.8) is 0 Å². The fraction of sp³-hybridized carbons (Fsp3) is 0.200. The monoisotopic (exact) mass is 519 g/mol. The Morgan fingerprint density at radius 3 is 2.69 bits per heavy atom. The number of hydrogen-bond acceptors (Lipinski definition) is 6. The lowest BCUT2D eigenvalue weighted by Gasteiger charge is -2.15. The molecule has 0 atom stereocenters. The zero-order chi connectivity index (χ0) is 26.2. The second-order valence-corrected chi connectivity index (χ2v) is 9.78. The molecule has 39 heavy (non-hydrogen) atoms. The highest BCUT2D eigenvalue weighted by molar-refractivity contribution is 6.00. The van der Waals surface area contributed by atoms with Gasteiger partial charge in [0.1, 0.15) is 29.5 Å². The smallest absolute Gasteiger partial charge is 0.138 e. The number of halogens is 1. The summed E-state index contributed by atoms with van der Waals surface area (Å²) >= 11 is 0. The Morgan fingerprint density at radius 1 is 0.897 bits per heavy atom. The van der Waals surface area contributed by atoms with Gasteiger partial charge in [-0.2, -0.15) is 5.10 Å². The standard InChI is InChI=1S/C30H26FN7O/c31-20-13-19(14-21(15-20)39-12-11-38-9-3-4-10-38)22-6-8-33-30-23(22)16-27(35-30)29-24-17-26(25-5-1-2-7-32-25)34-18-28(24)36-37-29/h1-2,5-8,13-18H,3-4,9-12H2,(H,33,35)(H,36,37). The van der Waals surface area contributed by atoms with Gasteiger partial charge in [-0.1, -0.05) is 6.07 Å². The molecule has 0 radical (unpaired) electrons. The summed E-state index contributed by atoms with van der Waals surface area (Å²) in [6.45, 7) is 3.59. The van der Waals surface area contributed by atoms with Crippen LogP contribution in [-0.2, 0) is 0 Å². The fourth-order valence-electron chi connectivity index (χ4n) is 5.28. The lowest BCUT2D eigenvalue weighted by molar-refractivity contribution is 0.237. The molecule has 0 unspecified atom stereocenters. The van der Waals surface area contributed by atoms with Crippen LogP contribution in [0.3, 0.4) is 0 Å². The maximum absolute atomic E-state index is 14.7. The van der Waals surface area contributed by atoms with Gasteiger partial charge in [0.05, 0.1) is 28.8 Å². The van der Waals surface area contributed by atoms with Gasteiger partial charge in [0.25, 0.3) is 0 Å². The van der Waals surface area contributed by atoms with E-state index >= 15 is 0 Å². The summed E-state index contributed by atoms with van der Waals surface area (Å²) in [5.74, 6) is 0.190. The molecule has 0 aliphatic carbocycles. The first-order chi connectivity index (χ1) is 19.2. The summed E-state index contributed by atoms with van der Waals surface area (Å²) in [6, 6.07) is 16.5. The molecule has 1 fully saturated rings. The average Bonchev–Trinajstić information content (AvgIpc) is 3.72. The molecular weight excluding hydrogens is 493 g/mol. The molecule has 0 amide bonds. The molecule has 6 heterocycles. The van der Waals surface area contributed by atoms with Crippen molar-refractivity contribution in [2.45, 2.75) is 12.8 Å². The third kappa shape index (κ3) is 4.61. The van der Waals surface area contributed by atoms with Gasteiger partial charge in [-0.3, -0.25) is 20.0 Å². The number of pyridine rings is 3. The topological polar surface area (TPSA) is 95.6 Å². The molecule has 0 bridgehead atoms.